The zero-order valence-corrected chi connectivity index (χ0v) is 23.1. The minimum atomic E-state index is -0.693. The summed E-state index contributed by atoms with van der Waals surface area (Å²) in [5.74, 6) is -0.561. The van der Waals surface area contributed by atoms with Crippen molar-refractivity contribution in [1.29, 1.82) is 5.41 Å². The van der Waals surface area contributed by atoms with E-state index in [0.29, 0.717) is 12.3 Å². The van der Waals surface area contributed by atoms with Gasteiger partial charge in [0.2, 0.25) is 5.91 Å². The van der Waals surface area contributed by atoms with E-state index in [1.807, 2.05) is 25.1 Å². The maximum absolute atomic E-state index is 13.7. The predicted molar refractivity (Wildman–Crippen MR) is 152 cm³/mol. The molecule has 0 saturated carbocycles. The molecule has 0 spiro atoms. The zero-order chi connectivity index (χ0) is 27.2. The summed E-state index contributed by atoms with van der Waals surface area (Å²) in [6, 6.07) is 8.47. The lowest BCUT2D eigenvalue weighted by atomic mass is 9.99. The lowest BCUT2D eigenvalue weighted by Gasteiger charge is -2.31. The molecule has 1 amide bonds. The molecule has 38 heavy (non-hydrogen) atoms. The number of hydrogen-bond acceptors (Lipinski definition) is 4. The van der Waals surface area contributed by atoms with Gasteiger partial charge in [0.15, 0.2) is 0 Å². The van der Waals surface area contributed by atoms with Crippen LogP contribution in [0, 0.1) is 11.3 Å². The largest absolute Gasteiger partial charge is 0.481 e. The van der Waals surface area contributed by atoms with Crippen molar-refractivity contribution in [2.24, 2.45) is 11.7 Å². The number of aromatic nitrogens is 1. The Hall–Kier alpha value is -2.87. The van der Waals surface area contributed by atoms with Crippen LogP contribution in [0.3, 0.4) is 0 Å². The molecule has 2 fully saturated rings. The van der Waals surface area contributed by atoms with Gasteiger partial charge in [-0.05, 0) is 95.3 Å². The minimum Gasteiger partial charge on any atom is -0.481 e. The molecule has 8 nitrogen and oxygen atoms in total. The van der Waals surface area contributed by atoms with Crippen LogP contribution in [0.15, 0.2) is 24.3 Å². The fourth-order valence-corrected chi connectivity index (χ4v) is 6.57. The first-order valence-electron chi connectivity index (χ1n) is 14.6. The predicted octanol–water partition coefficient (Wildman–Crippen LogP) is 4.61. The number of aliphatic carboxylic acids is 1. The fourth-order valence-electron chi connectivity index (χ4n) is 6.57. The van der Waals surface area contributed by atoms with Crippen LogP contribution in [-0.2, 0) is 22.6 Å². The molecule has 0 aliphatic carbocycles. The average Bonchev–Trinajstić information content (AvgIpc) is 3.64. The molecule has 2 saturated heterocycles. The van der Waals surface area contributed by atoms with Gasteiger partial charge in [0, 0.05) is 35.9 Å². The number of amidine groups is 1. The van der Waals surface area contributed by atoms with E-state index < -0.39 is 5.97 Å². The average molecular weight is 524 g/mol. The Balaban J connectivity index is 1.35. The van der Waals surface area contributed by atoms with Crippen LogP contribution in [0.5, 0.6) is 0 Å². The van der Waals surface area contributed by atoms with Gasteiger partial charge in [-0.1, -0.05) is 25.5 Å². The van der Waals surface area contributed by atoms with Crippen molar-refractivity contribution >= 4 is 28.6 Å². The number of carbonyl (C=O) groups is 2. The number of amides is 1. The molecule has 2 aliphatic heterocycles. The Morgan fingerprint density at radius 3 is 2.63 bits per heavy atom. The van der Waals surface area contributed by atoms with Gasteiger partial charge >= 0.3 is 5.97 Å². The fraction of sp³-hybridized carbons (Fsp3) is 0.633. The SMILES string of the molecule is CCC(CCCCN1CCC[C@@H]1C(=O)N1CCC[C@H]1CCc1cc2ccc(C(=N)N)cc2n1CC)C(=O)O. The molecular formula is C30H45N5O3. The van der Waals surface area contributed by atoms with E-state index in [4.69, 9.17) is 11.1 Å². The topological polar surface area (TPSA) is 116 Å². The highest BCUT2D eigenvalue weighted by atomic mass is 16.4. The first-order valence-corrected chi connectivity index (χ1v) is 14.6. The maximum atomic E-state index is 13.7. The van der Waals surface area contributed by atoms with E-state index in [1.165, 1.54) is 11.1 Å². The molecule has 0 radical (unpaired) electrons. The molecular weight excluding hydrogens is 478 g/mol. The highest BCUT2D eigenvalue weighted by molar-refractivity contribution is 5.98. The highest BCUT2D eigenvalue weighted by Crippen LogP contribution is 2.29. The number of nitrogens with one attached hydrogen (secondary N) is 1. The maximum Gasteiger partial charge on any atom is 0.306 e. The lowest BCUT2D eigenvalue weighted by molar-refractivity contribution is -0.142. The third-order valence-electron chi connectivity index (χ3n) is 8.75. The molecule has 1 aromatic carbocycles. The number of nitrogens with two attached hydrogens (primary N) is 1. The quantitative estimate of drug-likeness (QED) is 0.201. The molecule has 4 rings (SSSR count). The second kappa shape index (κ2) is 12.8. The summed E-state index contributed by atoms with van der Waals surface area (Å²) in [5, 5.41) is 18.2. The molecule has 2 aromatic rings. The van der Waals surface area contributed by atoms with Crippen LogP contribution in [-0.4, -0.2) is 68.9 Å². The number of aryl methyl sites for hydroxylation is 2. The van der Waals surface area contributed by atoms with Crippen molar-refractivity contribution in [2.75, 3.05) is 19.6 Å². The number of nitrogens with zero attached hydrogens (tertiary/aromatic N) is 3. The van der Waals surface area contributed by atoms with E-state index in [-0.39, 0.29) is 23.8 Å². The Bertz CT molecular complexity index is 1140. The number of likely N-dealkylation sites (tertiary alicyclic amines) is 2. The number of hydrogen-bond donors (Lipinski definition) is 3. The van der Waals surface area contributed by atoms with Gasteiger partial charge in [-0.25, -0.2) is 0 Å². The summed E-state index contributed by atoms with van der Waals surface area (Å²) in [4.78, 5) is 29.5. The first kappa shape index (κ1) is 28.1. The number of nitrogen functional groups attached to an aromatic ring is 1. The summed E-state index contributed by atoms with van der Waals surface area (Å²) in [7, 11) is 0. The van der Waals surface area contributed by atoms with Gasteiger partial charge in [-0.3, -0.25) is 19.9 Å². The van der Waals surface area contributed by atoms with E-state index in [0.717, 1.165) is 95.0 Å². The van der Waals surface area contributed by atoms with Crippen LogP contribution < -0.4 is 5.73 Å². The number of carbonyl (C=O) groups excluding carboxylic acids is 1. The number of unbranched alkanes of at least 4 members (excludes halogenated alkanes) is 1. The Kier molecular flexibility index (Phi) is 9.47. The van der Waals surface area contributed by atoms with Crippen LogP contribution >= 0.6 is 0 Å². The Morgan fingerprint density at radius 1 is 1.13 bits per heavy atom. The molecule has 0 bridgehead atoms. The third kappa shape index (κ3) is 6.22. The summed E-state index contributed by atoms with van der Waals surface area (Å²) in [6.07, 6.45) is 9.23. The van der Waals surface area contributed by atoms with Gasteiger partial charge in [0.05, 0.1) is 12.0 Å². The van der Waals surface area contributed by atoms with Gasteiger partial charge in [0.25, 0.3) is 0 Å². The minimum absolute atomic E-state index is 0.0239. The van der Waals surface area contributed by atoms with Crippen molar-refractivity contribution in [1.82, 2.24) is 14.4 Å². The van der Waals surface area contributed by atoms with Crippen molar-refractivity contribution in [3.05, 3.63) is 35.5 Å². The molecule has 2 aliphatic rings. The summed E-state index contributed by atoms with van der Waals surface area (Å²) in [6.45, 7) is 7.63. The van der Waals surface area contributed by atoms with Crippen LogP contribution in [0.25, 0.3) is 10.9 Å². The number of fused-ring (bicyclic) bond motifs is 1. The first-order chi connectivity index (χ1) is 18.3. The summed E-state index contributed by atoms with van der Waals surface area (Å²) >= 11 is 0. The molecule has 208 valence electrons. The number of carboxylic acids is 1. The van der Waals surface area contributed by atoms with E-state index in [9.17, 15) is 14.7 Å². The summed E-state index contributed by atoms with van der Waals surface area (Å²) in [5.41, 5.74) is 8.86. The number of carboxylic acid groups (broad SMARTS) is 1. The van der Waals surface area contributed by atoms with Crippen molar-refractivity contribution < 1.29 is 14.7 Å². The van der Waals surface area contributed by atoms with Crippen LogP contribution in [0.4, 0.5) is 0 Å². The van der Waals surface area contributed by atoms with E-state index in [2.05, 4.69) is 27.4 Å². The lowest BCUT2D eigenvalue weighted by Crippen LogP contribution is -2.47. The summed E-state index contributed by atoms with van der Waals surface area (Å²) < 4.78 is 2.31. The molecule has 8 heteroatoms. The van der Waals surface area contributed by atoms with Gasteiger partial charge in [-0.2, -0.15) is 0 Å². The van der Waals surface area contributed by atoms with Gasteiger partial charge in [0.1, 0.15) is 5.84 Å². The number of rotatable bonds is 13. The van der Waals surface area contributed by atoms with E-state index >= 15 is 0 Å². The number of benzene rings is 1. The smallest absolute Gasteiger partial charge is 0.306 e. The molecule has 3 atom stereocenters. The molecule has 4 N–H and O–H groups in total. The second-order valence-corrected chi connectivity index (χ2v) is 11.1. The van der Waals surface area contributed by atoms with Gasteiger partial charge in [-0.15, -0.1) is 0 Å². The van der Waals surface area contributed by atoms with Crippen molar-refractivity contribution in [3.8, 4) is 0 Å². The molecule has 1 aromatic heterocycles. The Labute approximate surface area is 226 Å². The van der Waals surface area contributed by atoms with Crippen LogP contribution in [0.2, 0.25) is 0 Å². The zero-order valence-electron chi connectivity index (χ0n) is 23.1. The molecule has 1 unspecified atom stereocenters. The van der Waals surface area contributed by atoms with Crippen molar-refractivity contribution in [3.63, 3.8) is 0 Å². The molecule has 3 heterocycles. The normalized spacial score (nSPS) is 20.8. The highest BCUT2D eigenvalue weighted by Gasteiger charge is 2.37. The standard InChI is InChI=1S/C30H45N5O3/c1-3-21(30(37)38)9-5-6-16-33-17-8-11-26(33)29(36)35-18-7-10-24(35)14-15-25-19-22-12-13-23(28(31)32)20-27(22)34(25)4-2/h12-13,19-21,24,26H,3-11,14-18H2,1-2H3,(H3,31,32)(H,37,38)/t21?,24-,26+/m0/s1. The third-order valence-corrected chi connectivity index (χ3v) is 8.75. The van der Waals surface area contributed by atoms with Crippen molar-refractivity contribution in [2.45, 2.75) is 96.7 Å². The van der Waals surface area contributed by atoms with E-state index in [1.54, 1.807) is 0 Å². The van der Waals surface area contributed by atoms with Crippen LogP contribution in [0.1, 0.15) is 82.9 Å². The monoisotopic (exact) mass is 523 g/mol. The Morgan fingerprint density at radius 2 is 1.92 bits per heavy atom. The van der Waals surface area contributed by atoms with Gasteiger partial charge < -0.3 is 20.3 Å². The second-order valence-electron chi connectivity index (χ2n) is 11.1.